The lowest BCUT2D eigenvalue weighted by atomic mass is 9.74. The largest absolute Gasteiger partial charge is 0.496 e. The quantitative estimate of drug-likeness (QED) is 0.748. The van der Waals surface area contributed by atoms with Crippen LogP contribution in [-0.2, 0) is 6.42 Å². The molecule has 0 aliphatic heterocycles. The third-order valence-electron chi connectivity index (χ3n) is 5.15. The van der Waals surface area contributed by atoms with Crippen molar-refractivity contribution >= 4 is 15.9 Å². The van der Waals surface area contributed by atoms with Crippen LogP contribution in [0.1, 0.15) is 51.5 Å². The second-order valence-corrected chi connectivity index (χ2v) is 7.06. The predicted octanol–water partition coefficient (Wildman–Crippen LogP) is 4.95. The summed E-state index contributed by atoms with van der Waals surface area (Å²) in [7, 11) is 1.71. The Balaban J connectivity index is 2.17. The van der Waals surface area contributed by atoms with Gasteiger partial charge in [0, 0.05) is 6.04 Å². The first-order chi connectivity index (χ1) is 10.1. The number of nitrogens with one attached hydrogen (secondary N) is 1. The number of rotatable bonds is 7. The third kappa shape index (κ3) is 3.81. The number of methoxy groups -OCH3 is 1. The minimum atomic E-state index is 0.489. The fourth-order valence-electron chi connectivity index (χ4n) is 3.85. The summed E-state index contributed by atoms with van der Waals surface area (Å²) in [5.74, 6) is 0.907. The molecule has 2 nitrogen and oxygen atoms in total. The molecule has 1 atom stereocenters. The predicted molar refractivity (Wildman–Crippen MR) is 93.1 cm³/mol. The SMILES string of the molecule is CCNC(Cc1ccc(OC)c(Br)c1)C1(CC)CCCC1. The van der Waals surface area contributed by atoms with Gasteiger partial charge in [0.2, 0.25) is 0 Å². The van der Waals surface area contributed by atoms with E-state index in [1.165, 1.54) is 37.7 Å². The summed E-state index contributed by atoms with van der Waals surface area (Å²) >= 11 is 3.60. The van der Waals surface area contributed by atoms with Crippen LogP contribution in [0.25, 0.3) is 0 Å². The van der Waals surface area contributed by atoms with Gasteiger partial charge in [0.1, 0.15) is 5.75 Å². The van der Waals surface area contributed by atoms with E-state index >= 15 is 0 Å². The first-order valence-electron chi connectivity index (χ1n) is 8.21. The van der Waals surface area contributed by atoms with E-state index in [1.807, 2.05) is 0 Å². The van der Waals surface area contributed by atoms with Crippen molar-refractivity contribution in [3.8, 4) is 5.75 Å². The summed E-state index contributed by atoms with van der Waals surface area (Å²) < 4.78 is 6.38. The van der Waals surface area contributed by atoms with Gasteiger partial charge in [-0.2, -0.15) is 0 Å². The van der Waals surface area contributed by atoms with E-state index in [-0.39, 0.29) is 0 Å². The van der Waals surface area contributed by atoms with Gasteiger partial charge in [0.05, 0.1) is 11.6 Å². The lowest BCUT2D eigenvalue weighted by Gasteiger charge is -2.38. The van der Waals surface area contributed by atoms with Crippen LogP contribution in [0.4, 0.5) is 0 Å². The lowest BCUT2D eigenvalue weighted by Crippen LogP contribution is -2.45. The average Bonchev–Trinajstić information content (AvgIpc) is 2.97. The summed E-state index contributed by atoms with van der Waals surface area (Å²) in [4.78, 5) is 0. The first kappa shape index (κ1) is 16.8. The Morgan fingerprint density at radius 3 is 2.52 bits per heavy atom. The normalized spacial score (nSPS) is 18.7. The van der Waals surface area contributed by atoms with Crippen LogP contribution in [0.2, 0.25) is 0 Å². The van der Waals surface area contributed by atoms with Crippen molar-refractivity contribution < 1.29 is 4.74 Å². The Labute approximate surface area is 137 Å². The molecule has 1 saturated carbocycles. The zero-order valence-corrected chi connectivity index (χ0v) is 15.1. The second-order valence-electron chi connectivity index (χ2n) is 6.21. The topological polar surface area (TPSA) is 21.3 Å². The van der Waals surface area contributed by atoms with E-state index in [4.69, 9.17) is 4.74 Å². The highest BCUT2D eigenvalue weighted by Crippen LogP contribution is 2.45. The highest BCUT2D eigenvalue weighted by Gasteiger charge is 2.39. The van der Waals surface area contributed by atoms with Crippen molar-refractivity contribution in [1.29, 1.82) is 0 Å². The molecule has 0 amide bonds. The summed E-state index contributed by atoms with van der Waals surface area (Å²) in [5.41, 5.74) is 1.87. The van der Waals surface area contributed by atoms with Gasteiger partial charge in [0.25, 0.3) is 0 Å². The summed E-state index contributed by atoms with van der Waals surface area (Å²) in [6.07, 6.45) is 7.91. The Morgan fingerprint density at radius 2 is 2.00 bits per heavy atom. The third-order valence-corrected chi connectivity index (χ3v) is 5.77. The molecule has 1 unspecified atom stereocenters. The molecular formula is C18H28BrNO. The standard InChI is InChI=1S/C18H28BrNO/c1-4-18(10-6-7-11-18)17(20-5-2)13-14-8-9-16(21-3)15(19)12-14/h8-9,12,17,20H,4-7,10-11,13H2,1-3H3. The van der Waals surface area contributed by atoms with Crippen LogP contribution in [0, 0.1) is 5.41 Å². The molecule has 118 valence electrons. The van der Waals surface area contributed by atoms with E-state index in [1.54, 1.807) is 7.11 Å². The van der Waals surface area contributed by atoms with Crippen LogP contribution in [0.3, 0.4) is 0 Å². The molecule has 0 saturated heterocycles. The molecule has 3 heteroatoms. The number of benzene rings is 1. The molecule has 1 aromatic carbocycles. The van der Waals surface area contributed by atoms with Gasteiger partial charge in [-0.05, 0) is 71.3 Å². The molecule has 0 heterocycles. The smallest absolute Gasteiger partial charge is 0.133 e. The van der Waals surface area contributed by atoms with Gasteiger partial charge in [-0.1, -0.05) is 32.8 Å². The van der Waals surface area contributed by atoms with Gasteiger partial charge >= 0.3 is 0 Å². The lowest BCUT2D eigenvalue weighted by molar-refractivity contribution is 0.186. The van der Waals surface area contributed by atoms with Crippen LogP contribution in [0.5, 0.6) is 5.75 Å². The van der Waals surface area contributed by atoms with Crippen LogP contribution in [-0.4, -0.2) is 19.7 Å². The van der Waals surface area contributed by atoms with Crippen molar-refractivity contribution in [3.05, 3.63) is 28.2 Å². The van der Waals surface area contributed by atoms with Gasteiger partial charge in [-0.3, -0.25) is 0 Å². The fraction of sp³-hybridized carbons (Fsp3) is 0.667. The molecule has 0 aromatic heterocycles. The molecule has 0 spiro atoms. The van der Waals surface area contributed by atoms with Gasteiger partial charge in [-0.25, -0.2) is 0 Å². The molecule has 1 aliphatic carbocycles. The highest BCUT2D eigenvalue weighted by molar-refractivity contribution is 9.10. The Bertz CT molecular complexity index is 455. The van der Waals surface area contributed by atoms with Crippen LogP contribution >= 0.6 is 15.9 Å². The molecule has 1 aliphatic rings. The summed E-state index contributed by atoms with van der Waals surface area (Å²) in [6.45, 7) is 5.62. The van der Waals surface area contributed by atoms with E-state index in [9.17, 15) is 0 Å². The molecule has 21 heavy (non-hydrogen) atoms. The molecule has 1 fully saturated rings. The van der Waals surface area contributed by atoms with Crippen LogP contribution in [0.15, 0.2) is 22.7 Å². The average molecular weight is 354 g/mol. The maximum atomic E-state index is 5.33. The van der Waals surface area contributed by atoms with E-state index in [0.717, 1.165) is 23.2 Å². The molecule has 0 radical (unpaired) electrons. The fourth-order valence-corrected chi connectivity index (χ4v) is 4.44. The zero-order valence-electron chi connectivity index (χ0n) is 13.5. The Morgan fingerprint density at radius 1 is 1.29 bits per heavy atom. The number of halogens is 1. The van der Waals surface area contributed by atoms with Gasteiger partial charge in [0.15, 0.2) is 0 Å². The Kier molecular flexibility index (Phi) is 6.12. The minimum absolute atomic E-state index is 0.489. The van der Waals surface area contributed by atoms with Gasteiger partial charge in [-0.15, -0.1) is 0 Å². The summed E-state index contributed by atoms with van der Waals surface area (Å²) in [6, 6.07) is 7.05. The first-order valence-corrected chi connectivity index (χ1v) is 9.00. The van der Waals surface area contributed by atoms with Crippen molar-refractivity contribution in [2.75, 3.05) is 13.7 Å². The number of hydrogen-bond acceptors (Lipinski definition) is 2. The Hall–Kier alpha value is -0.540. The molecule has 2 rings (SSSR count). The maximum absolute atomic E-state index is 5.33. The van der Waals surface area contributed by atoms with Crippen molar-refractivity contribution in [2.45, 2.75) is 58.4 Å². The zero-order chi connectivity index (χ0) is 15.3. The molecular weight excluding hydrogens is 326 g/mol. The summed E-state index contributed by atoms with van der Waals surface area (Å²) in [5, 5.41) is 3.77. The molecule has 1 aromatic rings. The maximum Gasteiger partial charge on any atom is 0.133 e. The monoisotopic (exact) mass is 353 g/mol. The van der Waals surface area contributed by atoms with E-state index in [2.05, 4.69) is 53.3 Å². The number of hydrogen-bond donors (Lipinski definition) is 1. The molecule has 0 bridgehead atoms. The van der Waals surface area contributed by atoms with E-state index < -0.39 is 0 Å². The van der Waals surface area contributed by atoms with Crippen molar-refractivity contribution in [2.24, 2.45) is 5.41 Å². The number of ether oxygens (including phenoxy) is 1. The van der Waals surface area contributed by atoms with E-state index in [0.29, 0.717) is 11.5 Å². The van der Waals surface area contributed by atoms with Crippen molar-refractivity contribution in [1.82, 2.24) is 5.32 Å². The second kappa shape index (κ2) is 7.64. The van der Waals surface area contributed by atoms with Gasteiger partial charge < -0.3 is 10.1 Å². The van der Waals surface area contributed by atoms with Crippen LogP contribution < -0.4 is 10.1 Å². The highest BCUT2D eigenvalue weighted by atomic mass is 79.9. The molecule has 1 N–H and O–H groups in total. The minimum Gasteiger partial charge on any atom is -0.496 e. The number of likely N-dealkylation sites (N-methyl/N-ethyl adjacent to an activating group) is 1. The van der Waals surface area contributed by atoms with Crippen molar-refractivity contribution in [3.63, 3.8) is 0 Å².